The number of ether oxygens (including phenoxy) is 1. The summed E-state index contributed by atoms with van der Waals surface area (Å²) in [5.74, 6) is -1.27. The molecule has 1 aliphatic carbocycles. The molecule has 0 saturated heterocycles. The largest absolute Gasteiger partial charge is 0.467 e. The topological polar surface area (TPSA) is 73.2 Å². The van der Waals surface area contributed by atoms with Crippen LogP contribution in [0.2, 0.25) is 0 Å². The number of carbonyl (C=O) groups is 2. The maximum Gasteiger partial charge on any atom is 0.330 e. The zero-order valence-corrected chi connectivity index (χ0v) is 15.1. The van der Waals surface area contributed by atoms with E-state index in [1.807, 2.05) is 0 Å². The number of esters is 1. The summed E-state index contributed by atoms with van der Waals surface area (Å²) < 4.78 is 19.7. The van der Waals surface area contributed by atoms with Gasteiger partial charge >= 0.3 is 5.97 Å². The van der Waals surface area contributed by atoms with Crippen LogP contribution in [-0.2, 0) is 22.4 Å². The number of fused-ring (bicyclic) bond motifs is 1. The van der Waals surface area contributed by atoms with Gasteiger partial charge in [-0.15, -0.1) is 0 Å². The maximum absolute atomic E-state index is 13.2. The minimum Gasteiger partial charge on any atom is -0.467 e. The first-order chi connectivity index (χ1) is 12.3. The monoisotopic (exact) mass is 359 g/mol. The second-order valence-corrected chi connectivity index (χ2v) is 6.94. The van der Waals surface area contributed by atoms with Gasteiger partial charge in [-0.3, -0.25) is 4.79 Å². The van der Waals surface area contributed by atoms with E-state index in [1.54, 1.807) is 30.7 Å². The molecule has 26 heavy (non-hydrogen) atoms. The van der Waals surface area contributed by atoms with Crippen LogP contribution in [0.1, 0.15) is 48.4 Å². The zero-order valence-electron chi connectivity index (χ0n) is 15.1. The molecule has 2 aromatic rings. The molecule has 1 heterocycles. The minimum atomic E-state index is -1.16. The van der Waals surface area contributed by atoms with Crippen LogP contribution in [0, 0.1) is 5.82 Å². The van der Waals surface area contributed by atoms with Crippen molar-refractivity contribution in [2.75, 3.05) is 7.11 Å². The van der Waals surface area contributed by atoms with Gasteiger partial charge in [0.15, 0.2) is 5.69 Å². The number of rotatable bonds is 4. The molecule has 0 spiro atoms. The van der Waals surface area contributed by atoms with Crippen molar-refractivity contribution < 1.29 is 18.7 Å². The van der Waals surface area contributed by atoms with E-state index in [2.05, 4.69) is 10.4 Å². The van der Waals surface area contributed by atoms with Crippen molar-refractivity contribution >= 4 is 11.9 Å². The number of halogens is 1. The quantitative estimate of drug-likeness (QED) is 0.852. The molecule has 1 amide bonds. The molecule has 0 saturated carbocycles. The molecule has 0 bridgehead atoms. The fourth-order valence-corrected chi connectivity index (χ4v) is 3.23. The average molecular weight is 359 g/mol. The van der Waals surface area contributed by atoms with Crippen LogP contribution in [-0.4, -0.2) is 34.3 Å². The second kappa shape index (κ2) is 6.90. The van der Waals surface area contributed by atoms with Gasteiger partial charge in [-0.2, -0.15) is 5.10 Å². The van der Waals surface area contributed by atoms with E-state index in [0.717, 1.165) is 36.9 Å². The normalized spacial score (nSPS) is 13.8. The smallest absolute Gasteiger partial charge is 0.330 e. The molecule has 0 aliphatic heterocycles. The average Bonchev–Trinajstić information content (AvgIpc) is 3.01. The van der Waals surface area contributed by atoms with Gasteiger partial charge in [0.1, 0.15) is 11.4 Å². The Bertz CT molecular complexity index is 840. The van der Waals surface area contributed by atoms with Crippen LogP contribution in [0.5, 0.6) is 0 Å². The number of hydrogen-bond acceptors (Lipinski definition) is 4. The Morgan fingerprint density at radius 3 is 2.50 bits per heavy atom. The summed E-state index contributed by atoms with van der Waals surface area (Å²) in [6, 6.07) is 6.01. The summed E-state index contributed by atoms with van der Waals surface area (Å²) >= 11 is 0. The highest BCUT2D eigenvalue weighted by atomic mass is 19.1. The van der Waals surface area contributed by atoms with Crippen LogP contribution >= 0.6 is 0 Å². The lowest BCUT2D eigenvalue weighted by Crippen LogP contribution is -2.50. The molecule has 0 unspecified atom stereocenters. The van der Waals surface area contributed by atoms with Crippen LogP contribution in [0.3, 0.4) is 0 Å². The van der Waals surface area contributed by atoms with Crippen LogP contribution in [0.4, 0.5) is 4.39 Å². The summed E-state index contributed by atoms with van der Waals surface area (Å²) in [6.07, 6.45) is 3.53. The third-order valence-electron chi connectivity index (χ3n) is 4.59. The standard InChI is InChI=1S/C19H22FN3O3/c1-19(2,18(25)26-3)21-17(24)16-14-6-4-5-7-15(14)23(22-16)13-10-8-12(20)9-11-13/h8-11H,4-7H2,1-3H3,(H,21,24). The molecule has 138 valence electrons. The van der Waals surface area contributed by atoms with Crippen molar-refractivity contribution in [1.29, 1.82) is 0 Å². The Morgan fingerprint density at radius 1 is 1.19 bits per heavy atom. The fraction of sp³-hybridized carbons (Fsp3) is 0.421. The molecule has 1 aromatic carbocycles. The summed E-state index contributed by atoms with van der Waals surface area (Å²) in [6.45, 7) is 3.17. The van der Waals surface area contributed by atoms with E-state index < -0.39 is 17.4 Å². The predicted molar refractivity (Wildman–Crippen MR) is 93.7 cm³/mol. The van der Waals surface area contributed by atoms with Crippen molar-refractivity contribution in [2.24, 2.45) is 0 Å². The minimum absolute atomic E-state index is 0.306. The summed E-state index contributed by atoms with van der Waals surface area (Å²) in [5.41, 5.74) is 1.70. The number of methoxy groups -OCH3 is 1. The highest BCUT2D eigenvalue weighted by molar-refractivity contribution is 5.97. The summed E-state index contributed by atoms with van der Waals surface area (Å²) in [4.78, 5) is 24.6. The fourth-order valence-electron chi connectivity index (χ4n) is 3.23. The Labute approximate surface area is 151 Å². The van der Waals surface area contributed by atoms with Crippen LogP contribution in [0.15, 0.2) is 24.3 Å². The Kier molecular flexibility index (Phi) is 4.80. The van der Waals surface area contributed by atoms with Gasteiger partial charge in [0.25, 0.3) is 5.91 Å². The summed E-state index contributed by atoms with van der Waals surface area (Å²) in [7, 11) is 1.28. The molecule has 7 heteroatoms. The van der Waals surface area contributed by atoms with E-state index >= 15 is 0 Å². The first-order valence-corrected chi connectivity index (χ1v) is 8.61. The SMILES string of the molecule is COC(=O)C(C)(C)NC(=O)c1nn(-c2ccc(F)cc2)c2c1CCCC2. The second-order valence-electron chi connectivity index (χ2n) is 6.94. The molecule has 0 fully saturated rings. The van der Waals surface area contributed by atoms with Crippen molar-refractivity contribution in [1.82, 2.24) is 15.1 Å². The number of nitrogens with zero attached hydrogens (tertiary/aromatic N) is 2. The number of amides is 1. The lowest BCUT2D eigenvalue weighted by molar-refractivity contribution is -0.146. The van der Waals surface area contributed by atoms with Crippen molar-refractivity contribution in [2.45, 2.75) is 45.1 Å². The molecular formula is C19H22FN3O3. The Morgan fingerprint density at radius 2 is 1.85 bits per heavy atom. The van der Waals surface area contributed by atoms with E-state index in [1.165, 1.54) is 19.2 Å². The lowest BCUT2D eigenvalue weighted by Gasteiger charge is -2.23. The number of hydrogen-bond donors (Lipinski definition) is 1. The van der Waals surface area contributed by atoms with Gasteiger partial charge in [-0.25, -0.2) is 13.9 Å². The lowest BCUT2D eigenvalue weighted by atomic mass is 9.95. The van der Waals surface area contributed by atoms with E-state index in [4.69, 9.17) is 4.74 Å². The third-order valence-corrected chi connectivity index (χ3v) is 4.59. The molecule has 1 N–H and O–H groups in total. The third kappa shape index (κ3) is 3.34. The van der Waals surface area contributed by atoms with Crippen molar-refractivity contribution in [3.8, 4) is 5.69 Å². The van der Waals surface area contributed by atoms with Gasteiger partial charge < -0.3 is 10.1 Å². The van der Waals surface area contributed by atoms with Gasteiger partial charge in [0.05, 0.1) is 12.8 Å². The van der Waals surface area contributed by atoms with Gasteiger partial charge in [-0.05, 0) is 63.8 Å². The first kappa shape index (κ1) is 18.1. The highest BCUT2D eigenvalue weighted by Gasteiger charge is 2.33. The number of carbonyl (C=O) groups excluding carboxylic acids is 2. The van der Waals surface area contributed by atoms with E-state index in [-0.39, 0.29) is 5.82 Å². The molecule has 6 nitrogen and oxygen atoms in total. The number of aromatic nitrogens is 2. The zero-order chi connectivity index (χ0) is 18.9. The van der Waals surface area contributed by atoms with E-state index in [9.17, 15) is 14.0 Å². The molecular weight excluding hydrogens is 337 g/mol. The van der Waals surface area contributed by atoms with Gasteiger partial charge in [0.2, 0.25) is 0 Å². The van der Waals surface area contributed by atoms with Gasteiger partial charge in [-0.1, -0.05) is 0 Å². The number of benzene rings is 1. The van der Waals surface area contributed by atoms with E-state index in [0.29, 0.717) is 11.4 Å². The van der Waals surface area contributed by atoms with Crippen LogP contribution in [0.25, 0.3) is 5.69 Å². The molecule has 0 radical (unpaired) electrons. The first-order valence-electron chi connectivity index (χ1n) is 8.61. The van der Waals surface area contributed by atoms with Gasteiger partial charge in [0, 0.05) is 11.3 Å². The molecule has 1 aliphatic rings. The number of nitrogens with one attached hydrogen (secondary N) is 1. The van der Waals surface area contributed by atoms with Crippen molar-refractivity contribution in [3.05, 3.63) is 47.0 Å². The van der Waals surface area contributed by atoms with Crippen molar-refractivity contribution in [3.63, 3.8) is 0 Å². The Hall–Kier alpha value is -2.70. The maximum atomic E-state index is 13.2. The molecule has 3 rings (SSSR count). The van der Waals surface area contributed by atoms with Crippen LogP contribution < -0.4 is 5.32 Å². The highest BCUT2D eigenvalue weighted by Crippen LogP contribution is 2.27. The Balaban J connectivity index is 1.99. The molecule has 0 atom stereocenters. The predicted octanol–water partition coefficient (Wildman–Crippen LogP) is 2.57. The molecule has 1 aromatic heterocycles. The summed E-state index contributed by atoms with van der Waals surface area (Å²) in [5, 5.41) is 7.19.